The number of nitro groups is 1. The molecule has 2 heterocycles. The first-order valence-electron chi connectivity index (χ1n) is 9.42. The largest absolute Gasteiger partial charge is 0.449 e. The molecule has 0 aliphatic carbocycles. The van der Waals surface area contributed by atoms with Gasteiger partial charge in [0.1, 0.15) is 5.56 Å². The third-order valence-corrected chi connectivity index (χ3v) is 4.91. The highest BCUT2D eigenvalue weighted by Crippen LogP contribution is 2.29. The Labute approximate surface area is 194 Å². The normalized spacial score (nSPS) is 12.2. The smallest absolute Gasteiger partial charge is 0.417 e. The van der Waals surface area contributed by atoms with Crippen LogP contribution in [0.15, 0.2) is 42.7 Å². The van der Waals surface area contributed by atoms with Crippen molar-refractivity contribution in [3.05, 3.63) is 74.7 Å². The van der Waals surface area contributed by atoms with Crippen LogP contribution in [-0.2, 0) is 15.7 Å². The number of nitrogens with zero attached hydrogens (tertiary/aromatic N) is 4. The van der Waals surface area contributed by atoms with Crippen LogP contribution in [0.5, 0.6) is 0 Å². The first kappa shape index (κ1) is 24.6. The Hall–Kier alpha value is -4.00. The van der Waals surface area contributed by atoms with E-state index in [2.05, 4.69) is 15.4 Å². The van der Waals surface area contributed by atoms with E-state index < -0.39 is 34.6 Å². The molecule has 178 valence electrons. The van der Waals surface area contributed by atoms with E-state index in [0.29, 0.717) is 6.20 Å². The molecule has 0 aliphatic rings. The van der Waals surface area contributed by atoms with Gasteiger partial charge in [-0.2, -0.15) is 18.3 Å². The van der Waals surface area contributed by atoms with Crippen molar-refractivity contribution in [3.63, 3.8) is 0 Å². The van der Waals surface area contributed by atoms with Crippen molar-refractivity contribution in [1.29, 1.82) is 0 Å². The number of hydrogen-bond donors (Lipinski definition) is 1. The lowest BCUT2D eigenvalue weighted by Crippen LogP contribution is -2.30. The predicted molar refractivity (Wildman–Crippen MR) is 113 cm³/mol. The number of nitrogens with one attached hydrogen (secondary N) is 1. The molecule has 0 aliphatic heterocycles. The van der Waals surface area contributed by atoms with Gasteiger partial charge in [0.2, 0.25) is 0 Å². The molecule has 1 N–H and O–H groups in total. The number of carbonyl (C=O) groups is 2. The first-order valence-corrected chi connectivity index (χ1v) is 9.80. The third-order valence-electron chi connectivity index (χ3n) is 4.60. The minimum atomic E-state index is -4.55. The average molecular weight is 498 g/mol. The second-order valence-corrected chi connectivity index (χ2v) is 7.32. The number of rotatable bonds is 6. The van der Waals surface area contributed by atoms with Crippen LogP contribution in [0.3, 0.4) is 0 Å². The Morgan fingerprint density at radius 2 is 1.94 bits per heavy atom. The molecule has 3 aromatic rings. The zero-order chi connectivity index (χ0) is 25.2. The number of anilines is 1. The fourth-order valence-electron chi connectivity index (χ4n) is 2.75. The summed E-state index contributed by atoms with van der Waals surface area (Å²) in [5.41, 5.74) is -0.929. The number of aromatic nitrogens is 3. The maximum Gasteiger partial charge on any atom is 0.417 e. The number of pyridine rings is 1. The minimum Gasteiger partial charge on any atom is -0.449 e. The lowest BCUT2D eigenvalue weighted by Gasteiger charge is -2.14. The van der Waals surface area contributed by atoms with Gasteiger partial charge in [-0.15, -0.1) is 0 Å². The predicted octanol–water partition coefficient (Wildman–Crippen LogP) is 4.34. The van der Waals surface area contributed by atoms with Gasteiger partial charge in [0.05, 0.1) is 33.1 Å². The van der Waals surface area contributed by atoms with Crippen molar-refractivity contribution in [2.75, 3.05) is 5.32 Å². The van der Waals surface area contributed by atoms with E-state index in [-0.39, 0.29) is 33.5 Å². The maximum atomic E-state index is 12.7. The quantitative estimate of drug-likeness (QED) is 0.304. The molecular weight excluding hydrogens is 483 g/mol. The Bertz CT molecular complexity index is 1260. The summed E-state index contributed by atoms with van der Waals surface area (Å²) < 4.78 is 44.4. The molecule has 0 saturated carbocycles. The van der Waals surface area contributed by atoms with E-state index in [9.17, 15) is 32.9 Å². The lowest BCUT2D eigenvalue weighted by molar-refractivity contribution is -0.384. The molecule has 0 bridgehead atoms. The molecule has 10 nitrogen and oxygen atoms in total. The second kappa shape index (κ2) is 9.47. The highest BCUT2D eigenvalue weighted by Gasteiger charge is 2.31. The van der Waals surface area contributed by atoms with Crippen molar-refractivity contribution in [1.82, 2.24) is 14.8 Å². The number of amides is 1. The summed E-state index contributed by atoms with van der Waals surface area (Å²) >= 11 is 5.93. The first-order chi connectivity index (χ1) is 15.9. The zero-order valence-corrected chi connectivity index (χ0v) is 18.2. The van der Waals surface area contributed by atoms with Crippen molar-refractivity contribution in [2.45, 2.75) is 26.1 Å². The van der Waals surface area contributed by atoms with Gasteiger partial charge in [-0.1, -0.05) is 11.6 Å². The number of hydrogen-bond acceptors (Lipinski definition) is 7. The molecule has 1 unspecified atom stereocenters. The molecule has 1 aromatic carbocycles. The van der Waals surface area contributed by atoms with Crippen molar-refractivity contribution >= 4 is 34.9 Å². The van der Waals surface area contributed by atoms with E-state index in [0.717, 1.165) is 35.1 Å². The van der Waals surface area contributed by atoms with Crippen LogP contribution in [0.1, 0.15) is 28.5 Å². The summed E-state index contributed by atoms with van der Waals surface area (Å²) in [6, 6.07) is 5.36. The number of benzene rings is 1. The summed E-state index contributed by atoms with van der Waals surface area (Å²) in [6.07, 6.45) is -4.06. The van der Waals surface area contributed by atoms with Gasteiger partial charge >= 0.3 is 12.1 Å². The molecule has 0 saturated heterocycles. The summed E-state index contributed by atoms with van der Waals surface area (Å²) in [4.78, 5) is 38.7. The number of halogens is 4. The summed E-state index contributed by atoms with van der Waals surface area (Å²) in [7, 11) is 0. The summed E-state index contributed by atoms with van der Waals surface area (Å²) in [5.74, 6) is -1.62. The number of non-ortho nitro benzene ring substituents is 1. The zero-order valence-electron chi connectivity index (χ0n) is 17.5. The van der Waals surface area contributed by atoms with E-state index >= 15 is 0 Å². The molecule has 3 rings (SSSR count). The van der Waals surface area contributed by atoms with Gasteiger partial charge < -0.3 is 10.1 Å². The van der Waals surface area contributed by atoms with E-state index in [1.54, 1.807) is 0 Å². The molecule has 34 heavy (non-hydrogen) atoms. The van der Waals surface area contributed by atoms with Crippen molar-refractivity contribution in [3.8, 4) is 5.82 Å². The highest BCUT2D eigenvalue weighted by molar-refractivity contribution is 6.34. The second-order valence-electron chi connectivity index (χ2n) is 6.92. The van der Waals surface area contributed by atoms with E-state index in [1.165, 1.54) is 19.9 Å². The lowest BCUT2D eigenvalue weighted by atomic mass is 10.2. The number of ether oxygens (including phenoxy) is 1. The van der Waals surface area contributed by atoms with E-state index in [4.69, 9.17) is 16.3 Å². The molecule has 1 atom stereocenters. The summed E-state index contributed by atoms with van der Waals surface area (Å²) in [6.45, 7) is 2.77. The van der Waals surface area contributed by atoms with Crippen LogP contribution in [-0.4, -0.2) is 37.7 Å². The number of esters is 1. The van der Waals surface area contributed by atoms with Gasteiger partial charge in [0.15, 0.2) is 11.9 Å². The van der Waals surface area contributed by atoms with Crippen LogP contribution in [0.2, 0.25) is 5.02 Å². The van der Waals surface area contributed by atoms with Crippen LogP contribution < -0.4 is 5.32 Å². The molecule has 0 radical (unpaired) electrons. The minimum absolute atomic E-state index is 0.0327. The molecular formula is C20H15ClF3N5O5. The molecule has 0 fully saturated rings. The fourth-order valence-corrected chi connectivity index (χ4v) is 2.97. The van der Waals surface area contributed by atoms with Crippen LogP contribution in [0, 0.1) is 17.0 Å². The van der Waals surface area contributed by atoms with Gasteiger partial charge in [-0.25, -0.2) is 14.5 Å². The summed E-state index contributed by atoms with van der Waals surface area (Å²) in [5, 5.41) is 17.0. The maximum absolute atomic E-state index is 12.7. The van der Waals surface area contributed by atoms with Crippen LogP contribution >= 0.6 is 11.6 Å². The Kier molecular flexibility index (Phi) is 6.86. The van der Waals surface area contributed by atoms with Gasteiger partial charge in [-0.05, 0) is 32.0 Å². The van der Waals surface area contributed by atoms with Crippen molar-refractivity contribution in [2.24, 2.45) is 0 Å². The van der Waals surface area contributed by atoms with E-state index in [1.807, 2.05) is 0 Å². The fraction of sp³-hybridized carbons (Fsp3) is 0.200. The Morgan fingerprint density at radius 3 is 2.50 bits per heavy atom. The standard InChI is InChI=1S/C20H15ClF3N5O5/c1-10-14(9-26-28(10)17-6-3-12(8-25-17)20(22,23)24)19(31)34-11(2)18(30)27-16-5-4-13(29(32)33)7-15(16)21/h3-9,11H,1-2H3,(H,27,30). The van der Waals surface area contributed by atoms with Crippen molar-refractivity contribution < 1.29 is 32.4 Å². The van der Waals surface area contributed by atoms with Gasteiger partial charge in [0.25, 0.3) is 11.6 Å². The number of nitro benzene ring substituents is 1. The SMILES string of the molecule is Cc1c(C(=O)OC(C)C(=O)Nc2ccc([N+](=O)[O-])cc2Cl)cnn1-c1ccc(C(F)(F)F)cn1. The number of carbonyl (C=O) groups excluding carboxylic acids is 2. The molecule has 14 heteroatoms. The Morgan fingerprint density at radius 1 is 1.24 bits per heavy atom. The van der Waals surface area contributed by atoms with Gasteiger partial charge in [-0.3, -0.25) is 14.9 Å². The number of alkyl halides is 3. The van der Waals surface area contributed by atoms with Gasteiger partial charge in [0, 0.05) is 18.3 Å². The molecule has 0 spiro atoms. The van der Waals surface area contributed by atoms with Crippen LogP contribution in [0.25, 0.3) is 5.82 Å². The monoisotopic (exact) mass is 497 g/mol. The van der Waals surface area contributed by atoms with Crippen LogP contribution in [0.4, 0.5) is 24.5 Å². The Balaban J connectivity index is 1.69. The third kappa shape index (κ3) is 5.31. The topological polar surface area (TPSA) is 129 Å². The molecule has 1 amide bonds. The average Bonchev–Trinajstić information content (AvgIpc) is 3.15. The molecule has 2 aromatic heterocycles. The highest BCUT2D eigenvalue weighted by atomic mass is 35.5.